The highest BCUT2D eigenvalue weighted by molar-refractivity contribution is 8.00. The molecule has 0 unspecified atom stereocenters. The van der Waals surface area contributed by atoms with E-state index in [1.165, 1.54) is 23.9 Å². The van der Waals surface area contributed by atoms with E-state index in [1.807, 2.05) is 6.26 Å². The van der Waals surface area contributed by atoms with Gasteiger partial charge < -0.3 is 5.11 Å². The maximum Gasteiger partial charge on any atom is 0.307 e. The number of benzene rings is 1. The first-order valence-electron chi connectivity index (χ1n) is 4.98. The SMILES string of the molecule is CSCCS(=O)(=O)c1ccc(CC(=O)O)cc1. The van der Waals surface area contributed by atoms with Gasteiger partial charge in [0.15, 0.2) is 9.84 Å². The Kier molecular flexibility index (Phi) is 5.02. The minimum absolute atomic E-state index is 0.0921. The Morgan fingerprint density at radius 3 is 2.35 bits per heavy atom. The normalized spacial score (nSPS) is 11.4. The van der Waals surface area contributed by atoms with Gasteiger partial charge in [0.05, 0.1) is 17.1 Å². The van der Waals surface area contributed by atoms with Gasteiger partial charge in [-0.05, 0) is 24.0 Å². The Balaban J connectivity index is 2.83. The van der Waals surface area contributed by atoms with Gasteiger partial charge >= 0.3 is 5.97 Å². The monoisotopic (exact) mass is 274 g/mol. The Morgan fingerprint density at radius 2 is 1.88 bits per heavy atom. The molecular weight excluding hydrogens is 260 g/mol. The van der Waals surface area contributed by atoms with Crippen LogP contribution in [-0.4, -0.2) is 37.3 Å². The van der Waals surface area contributed by atoms with E-state index in [1.54, 1.807) is 12.1 Å². The molecule has 0 bridgehead atoms. The molecule has 1 rings (SSSR count). The molecule has 0 saturated heterocycles. The number of carboxylic acids is 1. The molecule has 1 aromatic rings. The number of aliphatic carboxylic acids is 1. The molecule has 4 nitrogen and oxygen atoms in total. The van der Waals surface area contributed by atoms with E-state index >= 15 is 0 Å². The first-order valence-corrected chi connectivity index (χ1v) is 8.03. The van der Waals surface area contributed by atoms with E-state index in [-0.39, 0.29) is 17.1 Å². The predicted molar refractivity (Wildman–Crippen MR) is 68.2 cm³/mol. The smallest absolute Gasteiger partial charge is 0.307 e. The average Bonchev–Trinajstić information content (AvgIpc) is 2.26. The molecular formula is C11H14O4S2. The molecule has 0 aromatic heterocycles. The van der Waals surface area contributed by atoms with E-state index in [0.29, 0.717) is 11.3 Å². The van der Waals surface area contributed by atoms with E-state index in [0.717, 1.165) is 0 Å². The Morgan fingerprint density at radius 1 is 1.29 bits per heavy atom. The maximum absolute atomic E-state index is 11.8. The fourth-order valence-corrected chi connectivity index (χ4v) is 3.63. The van der Waals surface area contributed by atoms with E-state index in [9.17, 15) is 13.2 Å². The lowest BCUT2D eigenvalue weighted by molar-refractivity contribution is -0.136. The van der Waals surface area contributed by atoms with Gasteiger partial charge in [-0.3, -0.25) is 4.79 Å². The van der Waals surface area contributed by atoms with Gasteiger partial charge in [-0.15, -0.1) is 0 Å². The maximum atomic E-state index is 11.8. The summed E-state index contributed by atoms with van der Waals surface area (Å²) in [4.78, 5) is 10.7. The van der Waals surface area contributed by atoms with Gasteiger partial charge in [0, 0.05) is 5.75 Å². The van der Waals surface area contributed by atoms with Crippen molar-refractivity contribution in [1.29, 1.82) is 0 Å². The fourth-order valence-electron chi connectivity index (χ4n) is 1.30. The van der Waals surface area contributed by atoms with Crippen LogP contribution in [0.4, 0.5) is 0 Å². The first kappa shape index (κ1) is 14.1. The highest BCUT2D eigenvalue weighted by Gasteiger charge is 2.13. The summed E-state index contributed by atoms with van der Waals surface area (Å²) < 4.78 is 23.6. The summed E-state index contributed by atoms with van der Waals surface area (Å²) in [5.74, 6) is -0.269. The number of thioether (sulfide) groups is 1. The zero-order valence-electron chi connectivity index (χ0n) is 9.42. The van der Waals surface area contributed by atoms with Crippen LogP contribution in [0.25, 0.3) is 0 Å². The predicted octanol–water partition coefficient (Wildman–Crippen LogP) is 1.45. The minimum atomic E-state index is -3.24. The summed E-state index contributed by atoms with van der Waals surface area (Å²) in [7, 11) is -3.24. The zero-order chi connectivity index (χ0) is 12.9. The van der Waals surface area contributed by atoms with E-state index in [2.05, 4.69) is 0 Å². The molecule has 6 heteroatoms. The zero-order valence-corrected chi connectivity index (χ0v) is 11.1. The van der Waals surface area contributed by atoms with Crippen molar-refractivity contribution in [3.63, 3.8) is 0 Å². The Hall–Kier alpha value is -1.01. The van der Waals surface area contributed by atoms with Gasteiger partial charge in [-0.1, -0.05) is 12.1 Å². The highest BCUT2D eigenvalue weighted by atomic mass is 32.2. The van der Waals surface area contributed by atoms with Crippen molar-refractivity contribution in [2.24, 2.45) is 0 Å². The van der Waals surface area contributed by atoms with Crippen LogP contribution in [0.2, 0.25) is 0 Å². The number of rotatable bonds is 6. The summed E-state index contributed by atoms with van der Waals surface area (Å²) in [5, 5.41) is 8.59. The quantitative estimate of drug-likeness (QED) is 0.850. The van der Waals surface area contributed by atoms with Crippen LogP contribution >= 0.6 is 11.8 Å². The first-order chi connectivity index (χ1) is 7.95. The molecule has 94 valence electrons. The lowest BCUT2D eigenvalue weighted by Crippen LogP contribution is -2.09. The van der Waals surface area contributed by atoms with Crippen molar-refractivity contribution in [2.75, 3.05) is 17.8 Å². The average molecular weight is 274 g/mol. The third-order valence-corrected chi connectivity index (χ3v) is 4.80. The largest absolute Gasteiger partial charge is 0.481 e. The van der Waals surface area contributed by atoms with Crippen molar-refractivity contribution in [2.45, 2.75) is 11.3 Å². The molecule has 0 saturated carbocycles. The van der Waals surface area contributed by atoms with Crippen LogP contribution in [0.15, 0.2) is 29.2 Å². The van der Waals surface area contributed by atoms with Gasteiger partial charge in [0.2, 0.25) is 0 Å². The van der Waals surface area contributed by atoms with Gasteiger partial charge in [0.25, 0.3) is 0 Å². The van der Waals surface area contributed by atoms with E-state index < -0.39 is 15.8 Å². The Bertz CT molecular complexity index is 477. The molecule has 0 heterocycles. The molecule has 1 N–H and O–H groups in total. The van der Waals surface area contributed by atoms with Crippen LogP contribution < -0.4 is 0 Å². The summed E-state index contributed by atoms with van der Waals surface area (Å²) in [6, 6.07) is 6.02. The number of hydrogen-bond acceptors (Lipinski definition) is 4. The third kappa shape index (κ3) is 4.40. The molecule has 0 atom stereocenters. The number of hydrogen-bond donors (Lipinski definition) is 1. The van der Waals surface area contributed by atoms with Crippen molar-refractivity contribution in [3.8, 4) is 0 Å². The second-order valence-electron chi connectivity index (χ2n) is 3.53. The standard InChI is InChI=1S/C11H14O4S2/c1-16-6-7-17(14,15)10-4-2-9(3-5-10)8-11(12)13/h2-5H,6-8H2,1H3,(H,12,13). The molecule has 0 aliphatic rings. The van der Waals surface area contributed by atoms with Crippen LogP contribution in [-0.2, 0) is 21.1 Å². The van der Waals surface area contributed by atoms with Crippen molar-refractivity contribution in [3.05, 3.63) is 29.8 Å². The van der Waals surface area contributed by atoms with E-state index in [4.69, 9.17) is 5.11 Å². The molecule has 0 aliphatic heterocycles. The fraction of sp³-hybridized carbons (Fsp3) is 0.364. The molecule has 1 aromatic carbocycles. The molecule has 0 fully saturated rings. The molecule has 0 aliphatic carbocycles. The number of sulfone groups is 1. The van der Waals surface area contributed by atoms with Crippen molar-refractivity contribution < 1.29 is 18.3 Å². The Labute approximate surface area is 105 Å². The van der Waals surface area contributed by atoms with Gasteiger partial charge in [-0.2, -0.15) is 11.8 Å². The third-order valence-electron chi connectivity index (χ3n) is 2.19. The summed E-state index contributed by atoms with van der Waals surface area (Å²) in [6.45, 7) is 0. The topological polar surface area (TPSA) is 71.4 Å². The second kappa shape index (κ2) is 6.07. The molecule has 0 spiro atoms. The van der Waals surface area contributed by atoms with Gasteiger partial charge in [0.1, 0.15) is 0 Å². The number of carboxylic acid groups (broad SMARTS) is 1. The van der Waals surface area contributed by atoms with Crippen molar-refractivity contribution >= 4 is 27.6 Å². The molecule has 17 heavy (non-hydrogen) atoms. The molecule has 0 radical (unpaired) electrons. The number of carbonyl (C=O) groups is 1. The van der Waals surface area contributed by atoms with Crippen LogP contribution in [0, 0.1) is 0 Å². The molecule has 0 amide bonds. The summed E-state index contributed by atoms with van der Waals surface area (Å²) in [6.07, 6.45) is 1.76. The van der Waals surface area contributed by atoms with Gasteiger partial charge in [-0.25, -0.2) is 8.42 Å². The lowest BCUT2D eigenvalue weighted by Gasteiger charge is -2.04. The summed E-state index contributed by atoms with van der Waals surface area (Å²) >= 11 is 1.48. The van der Waals surface area contributed by atoms with Crippen LogP contribution in [0.5, 0.6) is 0 Å². The lowest BCUT2D eigenvalue weighted by atomic mass is 10.2. The second-order valence-corrected chi connectivity index (χ2v) is 6.62. The highest BCUT2D eigenvalue weighted by Crippen LogP contribution is 2.14. The van der Waals surface area contributed by atoms with Crippen LogP contribution in [0.1, 0.15) is 5.56 Å². The van der Waals surface area contributed by atoms with Crippen molar-refractivity contribution in [1.82, 2.24) is 0 Å². The van der Waals surface area contributed by atoms with Crippen LogP contribution in [0.3, 0.4) is 0 Å². The summed E-state index contributed by atoms with van der Waals surface area (Å²) in [5.41, 5.74) is 0.598. The minimum Gasteiger partial charge on any atom is -0.481 e.